The minimum absolute atomic E-state index is 0.0550. The lowest BCUT2D eigenvalue weighted by atomic mass is 10.2. The Bertz CT molecular complexity index is 534. The average molecular weight is 288 g/mol. The minimum Gasteiger partial charge on any atom is -0.481 e. The molecule has 1 aromatic rings. The summed E-state index contributed by atoms with van der Waals surface area (Å²) in [5.41, 5.74) is -0.700. The van der Waals surface area contributed by atoms with E-state index in [-0.39, 0.29) is 23.7 Å². The Morgan fingerprint density at radius 2 is 2.21 bits per heavy atom. The lowest BCUT2D eigenvalue weighted by Crippen LogP contribution is -2.29. The van der Waals surface area contributed by atoms with Crippen LogP contribution in [-0.4, -0.2) is 45.4 Å². The molecule has 0 atom stereocenters. The molecule has 0 bridgehead atoms. The van der Waals surface area contributed by atoms with Crippen LogP contribution in [0.3, 0.4) is 0 Å². The predicted octanol–water partition coefficient (Wildman–Crippen LogP) is 1.19. The summed E-state index contributed by atoms with van der Waals surface area (Å²) in [6, 6.07) is 1.08. The van der Waals surface area contributed by atoms with Crippen LogP contribution >= 0.6 is 11.6 Å². The Labute approximate surface area is 112 Å². The van der Waals surface area contributed by atoms with Gasteiger partial charge in [0, 0.05) is 13.6 Å². The van der Waals surface area contributed by atoms with Gasteiger partial charge in [0.2, 0.25) is 0 Å². The molecule has 102 valence electrons. The first-order valence-corrected chi connectivity index (χ1v) is 5.48. The second-order valence-electron chi connectivity index (χ2n) is 3.65. The summed E-state index contributed by atoms with van der Waals surface area (Å²) in [5.74, 6) is -1.75. The van der Waals surface area contributed by atoms with Gasteiger partial charge in [0.05, 0.1) is 11.3 Å². The van der Waals surface area contributed by atoms with Crippen LogP contribution in [0.1, 0.15) is 16.8 Å². The van der Waals surface area contributed by atoms with Crippen molar-refractivity contribution in [2.45, 2.75) is 6.42 Å². The van der Waals surface area contributed by atoms with E-state index in [1.165, 1.54) is 7.05 Å². The highest BCUT2D eigenvalue weighted by atomic mass is 35.5. The summed E-state index contributed by atoms with van der Waals surface area (Å²) in [6.45, 7) is -0.0642. The molecular weight excluding hydrogens is 278 g/mol. The molecule has 0 aliphatic rings. The Morgan fingerprint density at radius 1 is 1.58 bits per heavy atom. The number of nitrogens with zero attached hydrogens (tertiary/aromatic N) is 3. The normalized spacial score (nSPS) is 10.0. The Kier molecular flexibility index (Phi) is 4.76. The van der Waals surface area contributed by atoms with Crippen molar-refractivity contribution in [1.29, 1.82) is 0 Å². The van der Waals surface area contributed by atoms with Crippen LogP contribution in [-0.2, 0) is 4.79 Å². The van der Waals surface area contributed by atoms with Crippen LogP contribution in [0.5, 0.6) is 0 Å². The molecule has 19 heavy (non-hydrogen) atoms. The topological polar surface area (TPSA) is 114 Å². The molecule has 1 heterocycles. The van der Waals surface area contributed by atoms with E-state index < -0.39 is 22.5 Å². The third-order valence-electron chi connectivity index (χ3n) is 2.28. The van der Waals surface area contributed by atoms with Gasteiger partial charge in [0.25, 0.3) is 11.6 Å². The third-order valence-corrected chi connectivity index (χ3v) is 2.49. The molecule has 1 aromatic heterocycles. The third kappa shape index (κ3) is 3.88. The number of pyridine rings is 1. The van der Waals surface area contributed by atoms with Gasteiger partial charge in [-0.15, -0.1) is 0 Å². The van der Waals surface area contributed by atoms with Crippen molar-refractivity contribution in [1.82, 2.24) is 9.88 Å². The quantitative estimate of drug-likeness (QED) is 0.494. The van der Waals surface area contributed by atoms with Gasteiger partial charge in [-0.3, -0.25) is 19.7 Å². The molecule has 1 rings (SSSR count). The number of nitro groups is 1. The number of carboxylic acid groups (broad SMARTS) is 1. The maximum Gasteiger partial charge on any atom is 0.305 e. The molecular formula is C10H10ClN3O5. The van der Waals surface area contributed by atoms with E-state index in [4.69, 9.17) is 16.7 Å². The lowest BCUT2D eigenvalue weighted by Gasteiger charge is -2.15. The van der Waals surface area contributed by atoms with E-state index in [0.717, 1.165) is 17.2 Å². The average Bonchev–Trinajstić information content (AvgIpc) is 2.34. The van der Waals surface area contributed by atoms with E-state index in [1.54, 1.807) is 0 Å². The van der Waals surface area contributed by atoms with Gasteiger partial charge in [-0.05, 0) is 6.07 Å². The predicted molar refractivity (Wildman–Crippen MR) is 65.1 cm³/mol. The second-order valence-corrected chi connectivity index (χ2v) is 4.04. The lowest BCUT2D eigenvalue weighted by molar-refractivity contribution is -0.385. The summed E-state index contributed by atoms with van der Waals surface area (Å²) in [5, 5.41) is 19.3. The standard InChI is InChI=1S/C10H10ClN3O5/c1-13(3-2-9(15)16)10(17)6-4-8(11)12-5-7(6)14(18)19/h4-5H,2-3H2,1H3,(H,15,16). The largest absolute Gasteiger partial charge is 0.481 e. The van der Waals surface area contributed by atoms with Crippen LogP contribution in [0.25, 0.3) is 0 Å². The van der Waals surface area contributed by atoms with Crippen LogP contribution in [0.2, 0.25) is 5.15 Å². The second kappa shape index (κ2) is 6.10. The molecule has 0 saturated carbocycles. The molecule has 0 radical (unpaired) electrons. The molecule has 0 unspecified atom stereocenters. The molecule has 1 amide bonds. The first-order chi connectivity index (χ1) is 8.82. The maximum atomic E-state index is 12.0. The highest BCUT2D eigenvalue weighted by Gasteiger charge is 2.24. The fourth-order valence-corrected chi connectivity index (χ4v) is 1.47. The summed E-state index contributed by atoms with van der Waals surface area (Å²) in [7, 11) is 1.35. The van der Waals surface area contributed by atoms with Crippen molar-refractivity contribution >= 4 is 29.2 Å². The molecule has 0 aromatic carbocycles. The first-order valence-electron chi connectivity index (χ1n) is 5.10. The van der Waals surface area contributed by atoms with Crippen LogP contribution in [0.4, 0.5) is 5.69 Å². The van der Waals surface area contributed by atoms with Gasteiger partial charge in [0.1, 0.15) is 16.9 Å². The molecule has 0 fully saturated rings. The molecule has 0 spiro atoms. The smallest absolute Gasteiger partial charge is 0.305 e. The minimum atomic E-state index is -1.07. The number of aliphatic carboxylic acids is 1. The molecule has 8 nitrogen and oxygen atoms in total. The summed E-state index contributed by atoms with van der Waals surface area (Å²) >= 11 is 5.60. The number of hydrogen-bond acceptors (Lipinski definition) is 5. The molecule has 9 heteroatoms. The number of aromatic nitrogens is 1. The fraction of sp³-hybridized carbons (Fsp3) is 0.300. The first kappa shape index (κ1) is 14.8. The molecule has 1 N–H and O–H groups in total. The van der Waals surface area contributed by atoms with Gasteiger partial charge in [0.15, 0.2) is 0 Å². The van der Waals surface area contributed by atoms with Crippen molar-refractivity contribution in [3.8, 4) is 0 Å². The Hall–Kier alpha value is -2.22. The zero-order valence-corrected chi connectivity index (χ0v) is 10.6. The van der Waals surface area contributed by atoms with Gasteiger partial charge in [-0.2, -0.15) is 0 Å². The van der Waals surface area contributed by atoms with Crippen molar-refractivity contribution < 1.29 is 19.6 Å². The van der Waals surface area contributed by atoms with Crippen LogP contribution < -0.4 is 0 Å². The van der Waals surface area contributed by atoms with Crippen molar-refractivity contribution in [2.75, 3.05) is 13.6 Å². The zero-order valence-electron chi connectivity index (χ0n) is 9.87. The fourth-order valence-electron chi connectivity index (χ4n) is 1.31. The number of hydrogen-bond donors (Lipinski definition) is 1. The number of rotatable bonds is 5. The van der Waals surface area contributed by atoms with Gasteiger partial charge < -0.3 is 10.0 Å². The van der Waals surface area contributed by atoms with Crippen LogP contribution in [0, 0.1) is 10.1 Å². The zero-order chi connectivity index (χ0) is 14.6. The van der Waals surface area contributed by atoms with E-state index in [9.17, 15) is 19.7 Å². The number of carbonyl (C=O) groups excluding carboxylic acids is 1. The number of amides is 1. The van der Waals surface area contributed by atoms with Crippen LogP contribution in [0.15, 0.2) is 12.3 Å². The van der Waals surface area contributed by atoms with E-state index >= 15 is 0 Å². The van der Waals surface area contributed by atoms with E-state index in [2.05, 4.69) is 4.98 Å². The van der Waals surface area contributed by atoms with Gasteiger partial charge in [-0.1, -0.05) is 11.6 Å². The van der Waals surface area contributed by atoms with Crippen molar-refractivity contribution in [2.24, 2.45) is 0 Å². The summed E-state index contributed by atoms with van der Waals surface area (Å²) < 4.78 is 0. The highest BCUT2D eigenvalue weighted by molar-refractivity contribution is 6.29. The SMILES string of the molecule is CN(CCC(=O)O)C(=O)c1cc(Cl)ncc1[N+](=O)[O-]. The van der Waals surface area contributed by atoms with E-state index in [1.807, 2.05) is 0 Å². The monoisotopic (exact) mass is 287 g/mol. The van der Waals surface area contributed by atoms with Gasteiger partial charge in [-0.25, -0.2) is 4.98 Å². The van der Waals surface area contributed by atoms with E-state index in [0.29, 0.717) is 0 Å². The number of halogens is 1. The molecule has 0 aliphatic carbocycles. The maximum absolute atomic E-state index is 12.0. The Balaban J connectivity index is 3.01. The Morgan fingerprint density at radius 3 is 2.74 bits per heavy atom. The van der Waals surface area contributed by atoms with Crippen molar-refractivity contribution in [3.05, 3.63) is 33.1 Å². The number of carboxylic acids is 1. The van der Waals surface area contributed by atoms with Gasteiger partial charge >= 0.3 is 5.97 Å². The summed E-state index contributed by atoms with van der Waals surface area (Å²) in [6.07, 6.45) is 0.634. The molecule has 0 aliphatic heterocycles. The van der Waals surface area contributed by atoms with Crippen molar-refractivity contribution in [3.63, 3.8) is 0 Å². The highest BCUT2D eigenvalue weighted by Crippen LogP contribution is 2.21. The number of carbonyl (C=O) groups is 2. The summed E-state index contributed by atoms with van der Waals surface area (Å²) in [4.78, 5) is 37.0. The molecule has 0 saturated heterocycles.